The van der Waals surface area contributed by atoms with Crippen LogP contribution in [0, 0.1) is 17.0 Å². The molecule has 0 amide bonds. The van der Waals surface area contributed by atoms with E-state index >= 15 is 0 Å². The van der Waals surface area contributed by atoms with Crippen LogP contribution >= 0.6 is 0 Å². The standard InChI is InChI=1S/C10H17N3O5/c1-4-10(15,5-6-18-3)12-7(2)8(13(16)17)9(14)11-12/h15H,4-6H2,1-3H3,(H,11,14). The third kappa shape index (κ3) is 2.44. The molecule has 0 aliphatic carbocycles. The summed E-state index contributed by atoms with van der Waals surface area (Å²) in [5, 5.41) is 23.5. The number of nitrogens with one attached hydrogen (secondary N) is 1. The van der Waals surface area contributed by atoms with E-state index in [0.29, 0.717) is 6.42 Å². The minimum Gasteiger partial charge on any atom is -0.384 e. The van der Waals surface area contributed by atoms with E-state index in [1.165, 1.54) is 14.0 Å². The fourth-order valence-corrected chi connectivity index (χ4v) is 1.85. The lowest BCUT2D eigenvalue weighted by atomic mass is 10.1. The molecule has 0 fully saturated rings. The van der Waals surface area contributed by atoms with Crippen LogP contribution in [-0.2, 0) is 10.5 Å². The van der Waals surface area contributed by atoms with Gasteiger partial charge in [0.15, 0.2) is 5.72 Å². The summed E-state index contributed by atoms with van der Waals surface area (Å²) < 4.78 is 6.03. The maximum absolute atomic E-state index is 11.5. The zero-order valence-corrected chi connectivity index (χ0v) is 10.6. The van der Waals surface area contributed by atoms with E-state index in [1.54, 1.807) is 6.92 Å². The van der Waals surface area contributed by atoms with Gasteiger partial charge in [-0.2, -0.15) is 0 Å². The molecule has 0 radical (unpaired) electrons. The molecule has 1 unspecified atom stereocenters. The van der Waals surface area contributed by atoms with E-state index in [9.17, 15) is 20.0 Å². The van der Waals surface area contributed by atoms with E-state index < -0.39 is 21.9 Å². The average molecular weight is 259 g/mol. The highest BCUT2D eigenvalue weighted by atomic mass is 16.6. The van der Waals surface area contributed by atoms with Crippen LogP contribution < -0.4 is 5.56 Å². The topological polar surface area (TPSA) is 110 Å². The Balaban J connectivity index is 3.27. The molecule has 0 aliphatic rings. The van der Waals surface area contributed by atoms with Gasteiger partial charge in [0.25, 0.3) is 0 Å². The van der Waals surface area contributed by atoms with Crippen molar-refractivity contribution < 1.29 is 14.8 Å². The average Bonchev–Trinajstić information content (AvgIpc) is 2.62. The van der Waals surface area contributed by atoms with Crippen LogP contribution in [-0.4, -0.2) is 33.5 Å². The van der Waals surface area contributed by atoms with E-state index in [2.05, 4.69) is 5.10 Å². The Bertz CT molecular complexity index is 492. The molecule has 1 aromatic rings. The van der Waals surface area contributed by atoms with Gasteiger partial charge in [-0.1, -0.05) is 6.92 Å². The molecular formula is C10H17N3O5. The molecule has 102 valence electrons. The molecule has 2 N–H and O–H groups in total. The number of aromatic nitrogens is 2. The number of aliphatic hydroxyl groups is 1. The van der Waals surface area contributed by atoms with E-state index in [-0.39, 0.29) is 18.7 Å². The van der Waals surface area contributed by atoms with Crippen LogP contribution in [0.2, 0.25) is 0 Å². The summed E-state index contributed by atoms with van der Waals surface area (Å²) in [4.78, 5) is 21.5. The molecule has 18 heavy (non-hydrogen) atoms. The van der Waals surface area contributed by atoms with Gasteiger partial charge in [0.1, 0.15) is 5.69 Å². The molecular weight excluding hydrogens is 242 g/mol. The largest absolute Gasteiger partial charge is 0.384 e. The van der Waals surface area contributed by atoms with Crippen LogP contribution in [0.3, 0.4) is 0 Å². The number of methoxy groups -OCH3 is 1. The van der Waals surface area contributed by atoms with Gasteiger partial charge in [0, 0.05) is 13.5 Å². The van der Waals surface area contributed by atoms with Gasteiger partial charge < -0.3 is 9.84 Å². The van der Waals surface area contributed by atoms with E-state index in [4.69, 9.17) is 4.74 Å². The van der Waals surface area contributed by atoms with E-state index in [1.807, 2.05) is 0 Å². The molecule has 8 heteroatoms. The van der Waals surface area contributed by atoms with Crippen molar-refractivity contribution in [3.63, 3.8) is 0 Å². The summed E-state index contributed by atoms with van der Waals surface area (Å²) in [6, 6.07) is 0. The first kappa shape index (κ1) is 14.4. The third-order valence-corrected chi connectivity index (χ3v) is 2.98. The number of ether oxygens (including phenoxy) is 1. The van der Waals surface area contributed by atoms with Crippen molar-refractivity contribution in [2.75, 3.05) is 13.7 Å². The zero-order valence-electron chi connectivity index (χ0n) is 10.6. The fourth-order valence-electron chi connectivity index (χ4n) is 1.85. The molecule has 0 spiro atoms. The number of H-pyrrole nitrogens is 1. The van der Waals surface area contributed by atoms with Crippen LogP contribution in [0.4, 0.5) is 5.69 Å². The molecule has 1 aromatic heterocycles. The highest BCUT2D eigenvalue weighted by Crippen LogP contribution is 2.25. The van der Waals surface area contributed by atoms with Crippen molar-refractivity contribution in [1.82, 2.24) is 9.78 Å². The summed E-state index contributed by atoms with van der Waals surface area (Å²) in [6.07, 6.45) is 0.515. The lowest BCUT2D eigenvalue weighted by molar-refractivity contribution is -0.386. The smallest absolute Gasteiger partial charge is 0.355 e. The van der Waals surface area contributed by atoms with Gasteiger partial charge in [-0.25, -0.2) is 0 Å². The first-order valence-corrected chi connectivity index (χ1v) is 5.55. The second-order valence-electron chi connectivity index (χ2n) is 4.05. The lowest BCUT2D eigenvalue weighted by Crippen LogP contribution is -2.36. The minimum atomic E-state index is -1.40. The summed E-state index contributed by atoms with van der Waals surface area (Å²) in [7, 11) is 1.49. The molecule has 0 saturated heterocycles. The van der Waals surface area contributed by atoms with Crippen molar-refractivity contribution >= 4 is 5.69 Å². The van der Waals surface area contributed by atoms with Crippen LogP contribution in [0.25, 0.3) is 0 Å². The zero-order chi connectivity index (χ0) is 13.9. The maximum Gasteiger partial charge on any atom is 0.355 e. The summed E-state index contributed by atoms with van der Waals surface area (Å²) in [5.41, 5.74) is -2.65. The number of rotatable bonds is 6. The fraction of sp³-hybridized carbons (Fsp3) is 0.700. The highest BCUT2D eigenvalue weighted by molar-refractivity contribution is 5.32. The van der Waals surface area contributed by atoms with Crippen molar-refractivity contribution in [3.05, 3.63) is 26.2 Å². The Morgan fingerprint density at radius 3 is 2.61 bits per heavy atom. The van der Waals surface area contributed by atoms with Crippen molar-refractivity contribution in [1.29, 1.82) is 0 Å². The van der Waals surface area contributed by atoms with Crippen molar-refractivity contribution in [3.8, 4) is 0 Å². The lowest BCUT2D eigenvalue weighted by Gasteiger charge is -2.28. The molecule has 8 nitrogen and oxygen atoms in total. The monoisotopic (exact) mass is 259 g/mol. The Hall–Kier alpha value is -1.67. The third-order valence-electron chi connectivity index (χ3n) is 2.98. The minimum absolute atomic E-state index is 0.102. The number of nitrogens with zero attached hydrogens (tertiary/aromatic N) is 2. The van der Waals surface area contributed by atoms with Crippen molar-refractivity contribution in [2.45, 2.75) is 32.4 Å². The Morgan fingerprint density at radius 2 is 2.22 bits per heavy atom. The normalized spacial score (nSPS) is 14.4. The molecule has 0 saturated carbocycles. The second-order valence-corrected chi connectivity index (χ2v) is 4.05. The summed E-state index contributed by atoms with van der Waals surface area (Å²) in [5.74, 6) is 0. The van der Waals surface area contributed by atoms with Crippen LogP contribution in [0.1, 0.15) is 25.5 Å². The molecule has 1 rings (SSSR count). The SMILES string of the molecule is CCC(O)(CCOC)n1[nH]c(=O)c([N+](=O)[O-])c1C. The molecule has 1 heterocycles. The second kappa shape index (κ2) is 5.32. The predicted molar refractivity (Wildman–Crippen MR) is 63.4 cm³/mol. The predicted octanol–water partition coefficient (Wildman–Crippen LogP) is 0.485. The number of nitro groups is 1. The van der Waals surface area contributed by atoms with Gasteiger partial charge in [-0.15, -0.1) is 0 Å². The Labute approximate surface area is 103 Å². The van der Waals surface area contributed by atoms with Gasteiger partial charge in [-0.05, 0) is 13.3 Å². The number of hydrogen-bond donors (Lipinski definition) is 2. The molecule has 0 aliphatic heterocycles. The number of aromatic amines is 1. The summed E-state index contributed by atoms with van der Waals surface area (Å²) in [6.45, 7) is 3.42. The van der Waals surface area contributed by atoms with Crippen LogP contribution in [0.15, 0.2) is 4.79 Å². The van der Waals surface area contributed by atoms with Gasteiger partial charge in [0.2, 0.25) is 0 Å². The molecule has 0 aromatic carbocycles. The molecule has 0 bridgehead atoms. The van der Waals surface area contributed by atoms with Crippen LogP contribution in [0.5, 0.6) is 0 Å². The van der Waals surface area contributed by atoms with Gasteiger partial charge in [-0.3, -0.25) is 24.7 Å². The first-order valence-electron chi connectivity index (χ1n) is 5.55. The molecule has 1 atom stereocenters. The number of hydrogen-bond acceptors (Lipinski definition) is 5. The Morgan fingerprint density at radius 1 is 1.61 bits per heavy atom. The highest BCUT2D eigenvalue weighted by Gasteiger charge is 2.33. The van der Waals surface area contributed by atoms with E-state index in [0.717, 1.165) is 4.68 Å². The van der Waals surface area contributed by atoms with Crippen molar-refractivity contribution in [2.24, 2.45) is 0 Å². The Kier molecular flexibility index (Phi) is 4.25. The maximum atomic E-state index is 11.5. The first-order chi connectivity index (χ1) is 8.37. The van der Waals surface area contributed by atoms with Gasteiger partial charge >= 0.3 is 11.2 Å². The summed E-state index contributed by atoms with van der Waals surface area (Å²) >= 11 is 0. The van der Waals surface area contributed by atoms with Gasteiger partial charge in [0.05, 0.1) is 11.5 Å². The quantitative estimate of drug-likeness (QED) is 0.570.